The van der Waals surface area contributed by atoms with Gasteiger partial charge in [-0.3, -0.25) is 4.79 Å². The zero-order valence-corrected chi connectivity index (χ0v) is 16.1. The maximum atomic E-state index is 12.5. The molecule has 1 aliphatic heterocycles. The highest BCUT2D eigenvalue weighted by molar-refractivity contribution is 6.04. The number of aromatic nitrogens is 3. The SMILES string of the molecule is CC(C)n1ncc2cc(NC(=O)c3ccc(OC[C@H]4CCCO4)cc3)cnc21. The van der Waals surface area contributed by atoms with E-state index in [0.29, 0.717) is 17.9 Å². The second-order valence-corrected chi connectivity index (χ2v) is 7.24. The molecule has 0 saturated carbocycles. The van der Waals surface area contributed by atoms with Gasteiger partial charge in [0.1, 0.15) is 12.4 Å². The van der Waals surface area contributed by atoms with Crippen molar-refractivity contribution in [1.29, 1.82) is 0 Å². The molecule has 7 nitrogen and oxygen atoms in total. The van der Waals surface area contributed by atoms with Crippen molar-refractivity contribution in [2.24, 2.45) is 0 Å². The molecule has 0 unspecified atom stereocenters. The summed E-state index contributed by atoms with van der Waals surface area (Å²) in [6.45, 7) is 5.46. The number of ether oxygens (including phenoxy) is 2. The van der Waals surface area contributed by atoms with Gasteiger partial charge >= 0.3 is 0 Å². The number of benzene rings is 1. The fourth-order valence-electron chi connectivity index (χ4n) is 3.26. The van der Waals surface area contributed by atoms with Crippen LogP contribution < -0.4 is 10.1 Å². The normalized spacial score (nSPS) is 16.6. The van der Waals surface area contributed by atoms with Gasteiger partial charge in [0, 0.05) is 23.6 Å². The Morgan fingerprint density at radius 1 is 1.32 bits per heavy atom. The first-order valence-corrected chi connectivity index (χ1v) is 9.59. The van der Waals surface area contributed by atoms with Gasteiger partial charge in [0.15, 0.2) is 5.65 Å². The molecular weight excluding hydrogens is 356 g/mol. The first kappa shape index (κ1) is 18.4. The standard InChI is InChI=1S/C21H24N4O3/c1-14(2)25-20-16(11-23-25)10-17(12-22-20)24-21(26)15-5-7-18(8-6-15)28-13-19-4-3-9-27-19/h5-8,10-12,14,19H,3-4,9,13H2,1-2H3,(H,24,26)/t19-/m1/s1. The van der Waals surface area contributed by atoms with E-state index >= 15 is 0 Å². The van der Waals surface area contributed by atoms with Crippen LogP contribution >= 0.6 is 0 Å². The van der Waals surface area contributed by atoms with Crippen LogP contribution in [-0.4, -0.2) is 40.0 Å². The summed E-state index contributed by atoms with van der Waals surface area (Å²) in [5.74, 6) is 0.541. The van der Waals surface area contributed by atoms with Crippen LogP contribution in [0.4, 0.5) is 5.69 Å². The van der Waals surface area contributed by atoms with Crippen molar-refractivity contribution in [3.63, 3.8) is 0 Å². The fraction of sp³-hybridized carbons (Fsp3) is 0.381. The Morgan fingerprint density at radius 3 is 2.86 bits per heavy atom. The molecule has 1 N–H and O–H groups in total. The molecule has 1 amide bonds. The average Bonchev–Trinajstić information content (AvgIpc) is 3.36. The minimum absolute atomic E-state index is 0.172. The van der Waals surface area contributed by atoms with E-state index in [9.17, 15) is 4.79 Å². The molecule has 1 aromatic carbocycles. The van der Waals surface area contributed by atoms with Crippen LogP contribution in [0, 0.1) is 0 Å². The molecule has 0 spiro atoms. The molecule has 1 fully saturated rings. The van der Waals surface area contributed by atoms with Crippen molar-refractivity contribution >= 4 is 22.6 Å². The second-order valence-electron chi connectivity index (χ2n) is 7.24. The van der Waals surface area contributed by atoms with Crippen molar-refractivity contribution < 1.29 is 14.3 Å². The number of amides is 1. The molecule has 3 heterocycles. The van der Waals surface area contributed by atoms with E-state index in [4.69, 9.17) is 9.47 Å². The number of pyridine rings is 1. The third-order valence-corrected chi connectivity index (χ3v) is 4.76. The van der Waals surface area contributed by atoms with Crippen molar-refractivity contribution in [1.82, 2.24) is 14.8 Å². The molecule has 1 atom stereocenters. The molecule has 0 bridgehead atoms. The van der Waals surface area contributed by atoms with Gasteiger partial charge in [0.05, 0.1) is 24.2 Å². The fourth-order valence-corrected chi connectivity index (χ4v) is 3.26. The molecule has 1 aliphatic rings. The van der Waals surface area contributed by atoms with Crippen LogP contribution in [0.2, 0.25) is 0 Å². The first-order chi connectivity index (χ1) is 13.6. The quantitative estimate of drug-likeness (QED) is 0.703. The van der Waals surface area contributed by atoms with Gasteiger partial charge in [-0.25, -0.2) is 9.67 Å². The minimum Gasteiger partial charge on any atom is -0.491 e. The number of hydrogen-bond donors (Lipinski definition) is 1. The van der Waals surface area contributed by atoms with Gasteiger partial charge in [-0.05, 0) is 57.0 Å². The predicted octanol–water partition coefficient (Wildman–Crippen LogP) is 3.82. The summed E-state index contributed by atoms with van der Waals surface area (Å²) in [4.78, 5) is 17.0. The zero-order chi connectivity index (χ0) is 19.5. The monoisotopic (exact) mass is 380 g/mol. The van der Waals surface area contributed by atoms with Crippen LogP contribution in [0.3, 0.4) is 0 Å². The van der Waals surface area contributed by atoms with Crippen LogP contribution in [0.25, 0.3) is 11.0 Å². The lowest BCUT2D eigenvalue weighted by atomic mass is 10.2. The van der Waals surface area contributed by atoms with E-state index in [1.54, 1.807) is 36.7 Å². The predicted molar refractivity (Wildman–Crippen MR) is 107 cm³/mol. The number of rotatable bonds is 6. The van der Waals surface area contributed by atoms with E-state index in [1.807, 2.05) is 10.7 Å². The van der Waals surface area contributed by atoms with E-state index < -0.39 is 0 Å². The van der Waals surface area contributed by atoms with Gasteiger partial charge in [0.2, 0.25) is 0 Å². The molecule has 146 valence electrons. The Balaban J connectivity index is 1.39. The van der Waals surface area contributed by atoms with Crippen molar-refractivity contribution in [3.05, 3.63) is 48.3 Å². The molecular formula is C21H24N4O3. The van der Waals surface area contributed by atoms with Crippen LogP contribution in [0.1, 0.15) is 43.1 Å². The number of carbonyl (C=O) groups excluding carboxylic acids is 1. The van der Waals surface area contributed by atoms with Gasteiger partial charge in [-0.1, -0.05) is 0 Å². The number of nitrogens with zero attached hydrogens (tertiary/aromatic N) is 3. The molecule has 1 saturated heterocycles. The van der Waals surface area contributed by atoms with Crippen molar-refractivity contribution in [2.75, 3.05) is 18.5 Å². The molecule has 2 aromatic heterocycles. The first-order valence-electron chi connectivity index (χ1n) is 9.59. The van der Waals surface area contributed by atoms with E-state index in [2.05, 4.69) is 29.2 Å². The third kappa shape index (κ3) is 3.99. The lowest BCUT2D eigenvalue weighted by molar-refractivity contribution is 0.0679. The lowest BCUT2D eigenvalue weighted by Crippen LogP contribution is -2.16. The average molecular weight is 380 g/mol. The van der Waals surface area contributed by atoms with E-state index in [-0.39, 0.29) is 18.1 Å². The Hall–Kier alpha value is -2.93. The number of fused-ring (bicyclic) bond motifs is 1. The highest BCUT2D eigenvalue weighted by atomic mass is 16.5. The Kier molecular flexibility index (Phi) is 5.25. The summed E-state index contributed by atoms with van der Waals surface area (Å²) in [7, 11) is 0. The summed E-state index contributed by atoms with van der Waals surface area (Å²) in [5.41, 5.74) is 2.00. The lowest BCUT2D eigenvalue weighted by Gasteiger charge is -2.12. The minimum atomic E-state index is -0.192. The topological polar surface area (TPSA) is 78.3 Å². The third-order valence-electron chi connectivity index (χ3n) is 4.76. The van der Waals surface area contributed by atoms with Crippen LogP contribution in [0.5, 0.6) is 5.75 Å². The van der Waals surface area contributed by atoms with Crippen molar-refractivity contribution in [2.45, 2.75) is 38.8 Å². The van der Waals surface area contributed by atoms with E-state index in [1.165, 1.54) is 0 Å². The van der Waals surface area contributed by atoms with Crippen LogP contribution in [-0.2, 0) is 4.74 Å². The number of anilines is 1. The maximum absolute atomic E-state index is 12.5. The summed E-state index contributed by atoms with van der Waals surface area (Å²) in [6, 6.07) is 9.22. The Morgan fingerprint density at radius 2 is 2.14 bits per heavy atom. The summed E-state index contributed by atoms with van der Waals surface area (Å²) >= 11 is 0. The summed E-state index contributed by atoms with van der Waals surface area (Å²) in [6.07, 6.45) is 5.71. The highest BCUT2D eigenvalue weighted by Gasteiger charge is 2.16. The van der Waals surface area contributed by atoms with Gasteiger partial charge < -0.3 is 14.8 Å². The Labute approximate surface area is 163 Å². The molecule has 28 heavy (non-hydrogen) atoms. The number of nitrogens with one attached hydrogen (secondary N) is 1. The molecule has 0 radical (unpaired) electrons. The van der Waals surface area contributed by atoms with Gasteiger partial charge in [0.25, 0.3) is 5.91 Å². The molecule has 3 aromatic rings. The van der Waals surface area contributed by atoms with E-state index in [0.717, 1.165) is 36.2 Å². The maximum Gasteiger partial charge on any atom is 0.255 e. The molecule has 0 aliphatic carbocycles. The Bertz CT molecular complexity index is 959. The van der Waals surface area contributed by atoms with Crippen molar-refractivity contribution in [3.8, 4) is 5.75 Å². The number of carbonyl (C=O) groups is 1. The van der Waals surface area contributed by atoms with Gasteiger partial charge in [-0.2, -0.15) is 5.10 Å². The van der Waals surface area contributed by atoms with Crippen LogP contribution in [0.15, 0.2) is 42.7 Å². The number of hydrogen-bond acceptors (Lipinski definition) is 5. The smallest absolute Gasteiger partial charge is 0.255 e. The zero-order valence-electron chi connectivity index (χ0n) is 16.1. The van der Waals surface area contributed by atoms with Gasteiger partial charge in [-0.15, -0.1) is 0 Å². The molecule has 4 rings (SSSR count). The molecule has 7 heteroatoms. The second kappa shape index (κ2) is 7.98. The summed E-state index contributed by atoms with van der Waals surface area (Å²) < 4.78 is 13.1. The summed E-state index contributed by atoms with van der Waals surface area (Å²) in [5, 5.41) is 8.13. The largest absolute Gasteiger partial charge is 0.491 e. The highest BCUT2D eigenvalue weighted by Crippen LogP contribution is 2.20.